The fourth-order valence-corrected chi connectivity index (χ4v) is 2.44. The van der Waals surface area contributed by atoms with E-state index in [1.165, 1.54) is 0 Å². The summed E-state index contributed by atoms with van der Waals surface area (Å²) in [6.07, 6.45) is 6.76. The van der Waals surface area contributed by atoms with E-state index in [0.717, 1.165) is 37.9 Å². The molecule has 0 aromatic heterocycles. The first-order valence-corrected chi connectivity index (χ1v) is 7.33. The Morgan fingerprint density at radius 2 is 2.06 bits per heavy atom. The molecule has 0 bridgehead atoms. The standard InChI is InChI=1S/C11H23N3OS/c1-16-7-6-10(13)11(15)14-9-4-2-8(12)3-5-9/h8-10H,2-7,12-13H2,1H3,(H,14,15)/t8?,9?,10-/m0/s1. The van der Waals surface area contributed by atoms with Gasteiger partial charge in [0.1, 0.15) is 0 Å². The number of carbonyl (C=O) groups is 1. The molecule has 1 amide bonds. The summed E-state index contributed by atoms with van der Waals surface area (Å²) in [4.78, 5) is 11.7. The molecule has 0 spiro atoms. The van der Waals surface area contributed by atoms with Gasteiger partial charge in [-0.15, -0.1) is 0 Å². The summed E-state index contributed by atoms with van der Waals surface area (Å²) >= 11 is 1.72. The zero-order valence-electron chi connectivity index (χ0n) is 9.95. The molecule has 1 rings (SSSR count). The number of thioether (sulfide) groups is 1. The van der Waals surface area contributed by atoms with Crippen LogP contribution in [-0.4, -0.2) is 36.0 Å². The maximum absolute atomic E-state index is 11.7. The first kappa shape index (κ1) is 13.8. The molecule has 1 saturated carbocycles. The fraction of sp³-hybridized carbons (Fsp3) is 0.909. The highest BCUT2D eigenvalue weighted by Gasteiger charge is 2.22. The Kier molecular flexibility index (Phi) is 6.16. The molecule has 0 radical (unpaired) electrons. The number of nitrogens with one attached hydrogen (secondary N) is 1. The summed E-state index contributed by atoms with van der Waals surface area (Å²) < 4.78 is 0. The molecular formula is C11H23N3OS. The number of rotatable bonds is 5. The normalized spacial score (nSPS) is 27.4. The quantitative estimate of drug-likeness (QED) is 0.657. The van der Waals surface area contributed by atoms with Crippen molar-refractivity contribution in [3.63, 3.8) is 0 Å². The second-order valence-electron chi connectivity index (χ2n) is 4.51. The molecular weight excluding hydrogens is 222 g/mol. The Hall–Kier alpha value is -0.260. The molecule has 0 unspecified atom stereocenters. The van der Waals surface area contributed by atoms with Gasteiger partial charge in [-0.2, -0.15) is 11.8 Å². The van der Waals surface area contributed by atoms with Crippen molar-refractivity contribution in [2.75, 3.05) is 12.0 Å². The molecule has 0 aliphatic heterocycles. The van der Waals surface area contributed by atoms with Crippen LogP contribution in [0.1, 0.15) is 32.1 Å². The van der Waals surface area contributed by atoms with Crippen LogP contribution >= 0.6 is 11.8 Å². The lowest BCUT2D eigenvalue weighted by Crippen LogP contribution is -2.47. The van der Waals surface area contributed by atoms with Crippen molar-refractivity contribution in [1.82, 2.24) is 5.32 Å². The summed E-state index contributed by atoms with van der Waals surface area (Å²) in [6, 6.07) is 0.244. The molecule has 1 aliphatic carbocycles. The Bertz CT molecular complexity index is 217. The molecule has 1 aliphatic rings. The van der Waals surface area contributed by atoms with E-state index < -0.39 is 0 Å². The van der Waals surface area contributed by atoms with Crippen molar-refractivity contribution >= 4 is 17.7 Å². The number of hydrogen-bond donors (Lipinski definition) is 3. The van der Waals surface area contributed by atoms with Gasteiger partial charge < -0.3 is 16.8 Å². The van der Waals surface area contributed by atoms with Crippen LogP contribution < -0.4 is 16.8 Å². The lowest BCUT2D eigenvalue weighted by atomic mass is 9.91. The third kappa shape index (κ3) is 4.72. The highest BCUT2D eigenvalue weighted by Crippen LogP contribution is 2.17. The summed E-state index contributed by atoms with van der Waals surface area (Å²) in [5.74, 6) is 0.930. The molecule has 4 nitrogen and oxygen atoms in total. The molecule has 0 aromatic carbocycles. The van der Waals surface area contributed by atoms with Gasteiger partial charge in [0.05, 0.1) is 6.04 Å². The maximum atomic E-state index is 11.7. The zero-order chi connectivity index (χ0) is 12.0. The molecule has 1 atom stereocenters. The van der Waals surface area contributed by atoms with Gasteiger partial charge in [-0.05, 0) is 44.1 Å². The van der Waals surface area contributed by atoms with Crippen molar-refractivity contribution in [1.29, 1.82) is 0 Å². The summed E-state index contributed by atoms with van der Waals surface area (Å²) in [5, 5.41) is 3.02. The largest absolute Gasteiger partial charge is 0.352 e. The summed E-state index contributed by atoms with van der Waals surface area (Å²) in [6.45, 7) is 0. The van der Waals surface area contributed by atoms with Crippen molar-refractivity contribution in [3.8, 4) is 0 Å². The molecule has 5 N–H and O–H groups in total. The van der Waals surface area contributed by atoms with Gasteiger partial charge in [-0.3, -0.25) is 4.79 Å². The van der Waals surface area contributed by atoms with Crippen LogP contribution in [0.4, 0.5) is 0 Å². The Morgan fingerprint density at radius 1 is 1.44 bits per heavy atom. The van der Waals surface area contributed by atoms with Crippen molar-refractivity contribution in [2.24, 2.45) is 11.5 Å². The third-order valence-corrected chi connectivity index (χ3v) is 3.73. The minimum atomic E-state index is -0.358. The highest BCUT2D eigenvalue weighted by molar-refractivity contribution is 7.98. The van der Waals surface area contributed by atoms with E-state index in [1.54, 1.807) is 11.8 Å². The van der Waals surface area contributed by atoms with E-state index in [9.17, 15) is 4.79 Å². The highest BCUT2D eigenvalue weighted by atomic mass is 32.2. The van der Waals surface area contributed by atoms with Crippen LogP contribution in [0, 0.1) is 0 Å². The topological polar surface area (TPSA) is 81.1 Å². The van der Waals surface area contributed by atoms with E-state index in [0.29, 0.717) is 6.04 Å². The first-order chi connectivity index (χ1) is 7.63. The Morgan fingerprint density at radius 3 is 2.62 bits per heavy atom. The number of amides is 1. The lowest BCUT2D eigenvalue weighted by Gasteiger charge is -2.27. The van der Waals surface area contributed by atoms with Gasteiger partial charge in [0.2, 0.25) is 5.91 Å². The number of hydrogen-bond acceptors (Lipinski definition) is 4. The molecule has 1 fully saturated rings. The van der Waals surface area contributed by atoms with Crippen molar-refractivity contribution < 1.29 is 4.79 Å². The monoisotopic (exact) mass is 245 g/mol. The van der Waals surface area contributed by atoms with E-state index in [-0.39, 0.29) is 18.0 Å². The maximum Gasteiger partial charge on any atom is 0.237 e. The first-order valence-electron chi connectivity index (χ1n) is 5.94. The SMILES string of the molecule is CSCC[C@H](N)C(=O)NC1CCC(N)CC1. The smallest absolute Gasteiger partial charge is 0.237 e. The molecule has 94 valence electrons. The van der Waals surface area contributed by atoms with Gasteiger partial charge >= 0.3 is 0 Å². The van der Waals surface area contributed by atoms with Crippen LogP contribution in [0.15, 0.2) is 0 Å². The van der Waals surface area contributed by atoms with E-state index >= 15 is 0 Å². The molecule has 0 aromatic rings. The van der Waals surface area contributed by atoms with Crippen LogP contribution in [0.2, 0.25) is 0 Å². The summed E-state index contributed by atoms with van der Waals surface area (Å²) in [7, 11) is 0. The van der Waals surface area contributed by atoms with Gasteiger partial charge in [-0.25, -0.2) is 0 Å². The van der Waals surface area contributed by atoms with Gasteiger partial charge in [0, 0.05) is 12.1 Å². The van der Waals surface area contributed by atoms with Gasteiger partial charge in [0.15, 0.2) is 0 Å². The molecule has 0 heterocycles. The average Bonchev–Trinajstić information content (AvgIpc) is 2.29. The third-order valence-electron chi connectivity index (χ3n) is 3.09. The van der Waals surface area contributed by atoms with Crippen LogP contribution in [0.25, 0.3) is 0 Å². The minimum absolute atomic E-state index is 0.00507. The lowest BCUT2D eigenvalue weighted by molar-refractivity contribution is -0.123. The van der Waals surface area contributed by atoms with Crippen LogP contribution in [-0.2, 0) is 4.79 Å². The number of carbonyl (C=O) groups excluding carboxylic acids is 1. The molecule has 5 heteroatoms. The minimum Gasteiger partial charge on any atom is -0.352 e. The number of nitrogens with two attached hydrogens (primary N) is 2. The van der Waals surface area contributed by atoms with E-state index in [4.69, 9.17) is 11.5 Å². The van der Waals surface area contributed by atoms with E-state index in [1.807, 2.05) is 6.26 Å². The second kappa shape index (κ2) is 7.14. The predicted octanol–water partition coefficient (Wildman–Crippen LogP) is 0.453. The fourth-order valence-electron chi connectivity index (χ4n) is 1.95. The van der Waals surface area contributed by atoms with Crippen molar-refractivity contribution in [3.05, 3.63) is 0 Å². The van der Waals surface area contributed by atoms with E-state index in [2.05, 4.69) is 5.32 Å². The van der Waals surface area contributed by atoms with Crippen LogP contribution in [0.5, 0.6) is 0 Å². The second-order valence-corrected chi connectivity index (χ2v) is 5.49. The van der Waals surface area contributed by atoms with Gasteiger partial charge in [-0.1, -0.05) is 0 Å². The van der Waals surface area contributed by atoms with Crippen LogP contribution in [0.3, 0.4) is 0 Å². The Labute approximate surface area is 102 Å². The van der Waals surface area contributed by atoms with Crippen molar-refractivity contribution in [2.45, 2.75) is 50.2 Å². The average molecular weight is 245 g/mol. The predicted molar refractivity (Wildman–Crippen MR) is 69.3 cm³/mol. The molecule has 0 saturated heterocycles. The summed E-state index contributed by atoms with van der Waals surface area (Å²) in [5.41, 5.74) is 11.6. The zero-order valence-corrected chi connectivity index (χ0v) is 10.8. The van der Waals surface area contributed by atoms with Gasteiger partial charge in [0.25, 0.3) is 0 Å². The Balaban J connectivity index is 2.22. The molecule has 16 heavy (non-hydrogen) atoms.